The topological polar surface area (TPSA) is 51.9 Å². The van der Waals surface area contributed by atoms with Crippen LogP contribution in [0, 0.1) is 0 Å². The van der Waals surface area contributed by atoms with Gasteiger partial charge in [-0.2, -0.15) is 0 Å². The number of hydrogen-bond donors (Lipinski definition) is 1. The average molecular weight is 301 g/mol. The molecule has 0 unspecified atom stereocenters. The number of imidazole rings is 1. The summed E-state index contributed by atoms with van der Waals surface area (Å²) in [6, 6.07) is 1.53. The van der Waals surface area contributed by atoms with Gasteiger partial charge in [0.2, 0.25) is 0 Å². The molecule has 1 amide bonds. The van der Waals surface area contributed by atoms with Crippen LogP contribution in [0.2, 0.25) is 10.2 Å². The summed E-state index contributed by atoms with van der Waals surface area (Å²) in [5, 5.41) is 3.62. The van der Waals surface area contributed by atoms with Crippen LogP contribution in [0.15, 0.2) is 24.8 Å². The van der Waals surface area contributed by atoms with Crippen molar-refractivity contribution in [1.29, 1.82) is 0 Å². The summed E-state index contributed by atoms with van der Waals surface area (Å²) in [7, 11) is 1.70. The van der Waals surface area contributed by atoms with E-state index in [-0.39, 0.29) is 11.9 Å². The quantitative estimate of drug-likeness (QED) is 0.942. The first-order valence-electron chi connectivity index (χ1n) is 5.76. The van der Waals surface area contributed by atoms with Gasteiger partial charge in [-0.25, -0.2) is 4.98 Å². The third-order valence-corrected chi connectivity index (χ3v) is 3.61. The van der Waals surface area contributed by atoms with Crippen molar-refractivity contribution in [2.45, 2.75) is 19.5 Å². The van der Waals surface area contributed by atoms with Crippen LogP contribution in [0.25, 0.3) is 0 Å². The van der Waals surface area contributed by atoms with Crippen LogP contribution in [-0.4, -0.2) is 26.1 Å². The summed E-state index contributed by atoms with van der Waals surface area (Å²) in [6.07, 6.45) is 5.25. The molecule has 2 aromatic rings. The number of carbonyl (C=O) groups excluding carboxylic acids is 1. The monoisotopic (exact) mass is 300 g/mol. The van der Waals surface area contributed by atoms with Crippen LogP contribution in [0.3, 0.4) is 0 Å². The zero-order chi connectivity index (χ0) is 14.0. The maximum Gasteiger partial charge on any atom is 0.268 e. The fourth-order valence-electron chi connectivity index (χ4n) is 1.81. The van der Waals surface area contributed by atoms with Gasteiger partial charge in [0.1, 0.15) is 10.8 Å². The van der Waals surface area contributed by atoms with Crippen molar-refractivity contribution >= 4 is 29.1 Å². The first-order valence-corrected chi connectivity index (χ1v) is 6.52. The molecule has 2 heterocycles. The lowest BCUT2D eigenvalue weighted by atomic mass is 10.3. The van der Waals surface area contributed by atoms with Crippen LogP contribution in [0.4, 0.5) is 0 Å². The van der Waals surface area contributed by atoms with Gasteiger partial charge in [0.05, 0.1) is 11.3 Å². The Morgan fingerprint density at radius 3 is 2.79 bits per heavy atom. The van der Waals surface area contributed by atoms with Crippen molar-refractivity contribution in [3.05, 3.63) is 40.7 Å². The van der Waals surface area contributed by atoms with Gasteiger partial charge >= 0.3 is 0 Å². The summed E-state index contributed by atoms with van der Waals surface area (Å²) >= 11 is 11.8. The van der Waals surface area contributed by atoms with Crippen LogP contribution in [-0.2, 0) is 13.6 Å². The van der Waals surface area contributed by atoms with E-state index in [1.165, 1.54) is 0 Å². The lowest BCUT2D eigenvalue weighted by Crippen LogP contribution is -2.36. The van der Waals surface area contributed by atoms with E-state index in [2.05, 4.69) is 10.3 Å². The van der Waals surface area contributed by atoms with Crippen LogP contribution in [0.5, 0.6) is 0 Å². The minimum atomic E-state index is -0.205. The Morgan fingerprint density at radius 2 is 2.26 bits per heavy atom. The molecule has 102 valence electrons. The van der Waals surface area contributed by atoms with E-state index < -0.39 is 0 Å². The van der Waals surface area contributed by atoms with Crippen molar-refractivity contribution in [2.75, 3.05) is 0 Å². The third-order valence-electron chi connectivity index (χ3n) is 2.77. The summed E-state index contributed by atoms with van der Waals surface area (Å²) in [5.41, 5.74) is 0.437. The molecule has 2 aromatic heterocycles. The molecule has 0 aliphatic carbocycles. The predicted octanol–water partition coefficient (Wildman–Crippen LogP) is 2.35. The number of amides is 1. The first-order chi connectivity index (χ1) is 8.99. The second-order valence-corrected chi connectivity index (χ2v) is 5.13. The fourth-order valence-corrected chi connectivity index (χ4v) is 2.19. The Kier molecular flexibility index (Phi) is 4.17. The largest absolute Gasteiger partial charge is 0.347 e. The standard InChI is InChI=1S/C12H14Cl2N4O/c1-8(6-18-4-3-15-7-18)16-12(19)10-5-9(13)11(14)17(10)2/h3-5,7-8H,6H2,1-2H3,(H,16,19)/t8-/m0/s1. The molecule has 0 fully saturated rings. The Bertz CT molecular complexity index is 577. The van der Waals surface area contributed by atoms with Gasteiger partial charge in [0.25, 0.3) is 5.91 Å². The average Bonchev–Trinajstić information content (AvgIpc) is 2.93. The normalized spacial score (nSPS) is 12.4. The van der Waals surface area contributed by atoms with Crippen molar-refractivity contribution in [1.82, 2.24) is 19.4 Å². The smallest absolute Gasteiger partial charge is 0.268 e. The Labute approximate surface area is 121 Å². The summed E-state index contributed by atoms with van der Waals surface area (Å²) < 4.78 is 3.46. The number of carbonyl (C=O) groups is 1. The van der Waals surface area contributed by atoms with Gasteiger partial charge in [-0.3, -0.25) is 4.79 Å². The van der Waals surface area contributed by atoms with E-state index in [1.807, 2.05) is 17.7 Å². The van der Waals surface area contributed by atoms with Crippen molar-refractivity contribution in [2.24, 2.45) is 7.05 Å². The van der Waals surface area contributed by atoms with E-state index >= 15 is 0 Å². The van der Waals surface area contributed by atoms with E-state index in [1.54, 1.807) is 30.2 Å². The van der Waals surface area contributed by atoms with Crippen LogP contribution in [0.1, 0.15) is 17.4 Å². The number of aromatic nitrogens is 3. The van der Waals surface area contributed by atoms with Gasteiger partial charge in [0.15, 0.2) is 0 Å². The lowest BCUT2D eigenvalue weighted by molar-refractivity contribution is 0.0928. The van der Waals surface area contributed by atoms with E-state index in [9.17, 15) is 4.79 Å². The molecule has 0 saturated heterocycles. The van der Waals surface area contributed by atoms with Gasteiger partial charge in [-0.05, 0) is 13.0 Å². The zero-order valence-corrected chi connectivity index (χ0v) is 12.1. The summed E-state index contributed by atoms with van der Waals surface area (Å²) in [5.74, 6) is -0.205. The highest BCUT2D eigenvalue weighted by Crippen LogP contribution is 2.25. The van der Waals surface area contributed by atoms with Gasteiger partial charge in [0, 0.05) is 32.0 Å². The maximum absolute atomic E-state index is 12.1. The molecule has 0 radical (unpaired) electrons. The van der Waals surface area contributed by atoms with Crippen LogP contribution >= 0.6 is 23.2 Å². The molecule has 0 aliphatic heterocycles. The number of nitrogens with zero attached hydrogens (tertiary/aromatic N) is 3. The summed E-state index contributed by atoms with van der Waals surface area (Å²) in [6.45, 7) is 2.57. The SMILES string of the molecule is C[C@@H](Cn1ccnc1)NC(=O)c1cc(Cl)c(Cl)n1C. The molecular weight excluding hydrogens is 287 g/mol. The maximum atomic E-state index is 12.1. The highest BCUT2D eigenvalue weighted by atomic mass is 35.5. The van der Waals surface area contributed by atoms with Gasteiger partial charge < -0.3 is 14.5 Å². The van der Waals surface area contributed by atoms with Crippen molar-refractivity contribution in [3.63, 3.8) is 0 Å². The Balaban J connectivity index is 2.02. The molecular formula is C12H14Cl2N4O. The van der Waals surface area contributed by atoms with E-state index in [4.69, 9.17) is 23.2 Å². The first kappa shape index (κ1) is 14.0. The van der Waals surface area contributed by atoms with Crippen LogP contribution < -0.4 is 5.32 Å². The summed E-state index contributed by atoms with van der Waals surface area (Å²) in [4.78, 5) is 16.0. The molecule has 0 bridgehead atoms. The molecule has 1 atom stereocenters. The second kappa shape index (κ2) is 5.67. The zero-order valence-electron chi connectivity index (χ0n) is 10.6. The molecule has 19 heavy (non-hydrogen) atoms. The molecule has 0 saturated carbocycles. The Hall–Kier alpha value is -1.46. The number of nitrogens with one attached hydrogen (secondary N) is 1. The molecule has 0 aliphatic rings. The lowest BCUT2D eigenvalue weighted by Gasteiger charge is -2.14. The molecule has 0 aromatic carbocycles. The number of rotatable bonds is 4. The van der Waals surface area contributed by atoms with E-state index in [0.29, 0.717) is 22.4 Å². The van der Waals surface area contributed by atoms with Gasteiger partial charge in [-0.1, -0.05) is 23.2 Å². The van der Waals surface area contributed by atoms with Crippen molar-refractivity contribution in [3.8, 4) is 0 Å². The fraction of sp³-hybridized carbons (Fsp3) is 0.333. The highest BCUT2D eigenvalue weighted by Gasteiger charge is 2.17. The van der Waals surface area contributed by atoms with Gasteiger partial charge in [-0.15, -0.1) is 0 Å². The highest BCUT2D eigenvalue weighted by molar-refractivity contribution is 6.41. The Morgan fingerprint density at radius 1 is 1.53 bits per heavy atom. The number of halogens is 2. The minimum Gasteiger partial charge on any atom is -0.347 e. The third kappa shape index (κ3) is 3.11. The second-order valence-electron chi connectivity index (χ2n) is 4.36. The van der Waals surface area contributed by atoms with E-state index in [0.717, 1.165) is 0 Å². The molecule has 2 rings (SSSR count). The predicted molar refractivity (Wildman–Crippen MR) is 74.6 cm³/mol. The minimum absolute atomic E-state index is 0.0332. The molecule has 5 nitrogen and oxygen atoms in total. The molecule has 0 spiro atoms. The van der Waals surface area contributed by atoms with Crippen molar-refractivity contribution < 1.29 is 4.79 Å². The number of hydrogen-bond acceptors (Lipinski definition) is 2. The molecule has 7 heteroatoms. The molecule has 1 N–H and O–H groups in total.